The number of phenols is 1. The summed E-state index contributed by atoms with van der Waals surface area (Å²) in [6.07, 6.45) is 3.41. The Morgan fingerprint density at radius 2 is 1.75 bits per heavy atom. The first kappa shape index (κ1) is 19.4. The molecule has 3 rings (SSSR count). The normalized spacial score (nSPS) is 11.3. The van der Waals surface area contributed by atoms with Crippen molar-refractivity contribution in [2.45, 2.75) is 13.8 Å². The van der Waals surface area contributed by atoms with E-state index in [0.29, 0.717) is 23.0 Å². The molecule has 0 aliphatic carbocycles. The second-order valence-electron chi connectivity index (χ2n) is 6.53. The number of allylic oxidation sites excluding steroid dienone is 1. The number of methoxy groups -OCH3 is 2. The largest absolute Gasteiger partial charge is 0.507 e. The molecule has 0 fully saturated rings. The maximum absolute atomic E-state index is 12.9. The maximum atomic E-state index is 12.9. The van der Waals surface area contributed by atoms with Crippen LogP contribution in [0.5, 0.6) is 23.0 Å². The summed E-state index contributed by atoms with van der Waals surface area (Å²) < 4.78 is 21.9. The quantitative estimate of drug-likeness (QED) is 0.621. The molecule has 0 aliphatic rings. The molecule has 6 heteroatoms. The molecule has 3 aromatic rings. The zero-order chi connectivity index (χ0) is 20.3. The van der Waals surface area contributed by atoms with Crippen LogP contribution in [-0.4, -0.2) is 19.3 Å². The van der Waals surface area contributed by atoms with Gasteiger partial charge in [-0.05, 0) is 36.3 Å². The van der Waals surface area contributed by atoms with E-state index in [1.807, 2.05) is 19.9 Å². The van der Waals surface area contributed by atoms with Crippen LogP contribution in [0, 0.1) is 5.92 Å². The van der Waals surface area contributed by atoms with Gasteiger partial charge in [0.2, 0.25) is 11.2 Å². The summed E-state index contributed by atoms with van der Waals surface area (Å²) in [6.45, 7) is 4.04. The van der Waals surface area contributed by atoms with E-state index in [9.17, 15) is 9.90 Å². The lowest BCUT2D eigenvalue weighted by Gasteiger charge is -2.11. The molecule has 0 bridgehead atoms. The molecule has 1 aromatic heterocycles. The van der Waals surface area contributed by atoms with E-state index in [0.717, 1.165) is 0 Å². The Morgan fingerprint density at radius 1 is 1.04 bits per heavy atom. The number of hydrogen-bond donors (Lipinski definition) is 1. The molecule has 0 aliphatic heterocycles. The van der Waals surface area contributed by atoms with Crippen molar-refractivity contribution < 1.29 is 23.7 Å². The van der Waals surface area contributed by atoms with Crippen molar-refractivity contribution in [2.24, 2.45) is 5.92 Å². The molecule has 6 nitrogen and oxygen atoms in total. The monoisotopic (exact) mass is 382 g/mol. The van der Waals surface area contributed by atoms with Crippen molar-refractivity contribution in [1.82, 2.24) is 0 Å². The van der Waals surface area contributed by atoms with Gasteiger partial charge >= 0.3 is 0 Å². The van der Waals surface area contributed by atoms with Gasteiger partial charge in [-0.25, -0.2) is 0 Å². The average Bonchev–Trinajstić information content (AvgIpc) is 2.67. The fraction of sp³-hybridized carbons (Fsp3) is 0.227. The molecule has 0 amide bonds. The lowest BCUT2D eigenvalue weighted by atomic mass is 10.1. The molecular weight excluding hydrogens is 360 g/mol. The minimum absolute atomic E-state index is 0.0151. The Hall–Kier alpha value is -3.41. The zero-order valence-corrected chi connectivity index (χ0v) is 16.2. The Bertz CT molecular complexity index is 1060. The SMILES string of the molecule is COc1ccc(-c2oc3cc(OC=CC(C)C)cc(O)c3c(=O)c2OC)cc1. The van der Waals surface area contributed by atoms with Crippen LogP contribution < -0.4 is 19.6 Å². The number of hydrogen-bond acceptors (Lipinski definition) is 6. The standard InChI is InChI=1S/C22H22O6/c1-13(2)9-10-27-16-11-17(23)19-18(12-16)28-21(22(26-4)20(19)24)14-5-7-15(25-3)8-6-14/h5-13,23H,1-4H3. The summed E-state index contributed by atoms with van der Waals surface area (Å²) in [5.74, 6) is 1.39. The van der Waals surface area contributed by atoms with Gasteiger partial charge in [0.1, 0.15) is 28.2 Å². The van der Waals surface area contributed by atoms with E-state index < -0.39 is 5.43 Å². The van der Waals surface area contributed by atoms with E-state index in [1.165, 1.54) is 19.4 Å². The van der Waals surface area contributed by atoms with Crippen molar-refractivity contribution >= 4 is 11.0 Å². The van der Waals surface area contributed by atoms with Gasteiger partial charge < -0.3 is 23.7 Å². The molecule has 0 spiro atoms. The number of fused-ring (bicyclic) bond motifs is 1. The van der Waals surface area contributed by atoms with E-state index in [2.05, 4.69) is 0 Å². The minimum Gasteiger partial charge on any atom is -0.507 e. The molecule has 146 valence electrons. The predicted molar refractivity (Wildman–Crippen MR) is 107 cm³/mol. The van der Waals surface area contributed by atoms with Crippen molar-refractivity contribution in [3.05, 3.63) is 59.0 Å². The molecular formula is C22H22O6. The first-order valence-electron chi connectivity index (χ1n) is 8.80. The summed E-state index contributed by atoms with van der Waals surface area (Å²) in [5, 5.41) is 10.4. The first-order chi connectivity index (χ1) is 13.4. The Morgan fingerprint density at radius 3 is 2.36 bits per heavy atom. The molecule has 1 heterocycles. The Labute approximate surface area is 162 Å². The second kappa shape index (κ2) is 8.08. The topological polar surface area (TPSA) is 78.1 Å². The van der Waals surface area contributed by atoms with Gasteiger partial charge in [-0.3, -0.25) is 4.79 Å². The van der Waals surface area contributed by atoms with Gasteiger partial charge in [0.25, 0.3) is 0 Å². The van der Waals surface area contributed by atoms with Crippen LogP contribution in [0.15, 0.2) is 57.9 Å². The number of benzene rings is 2. The lowest BCUT2D eigenvalue weighted by molar-refractivity contribution is 0.397. The van der Waals surface area contributed by atoms with Gasteiger partial charge in [-0.15, -0.1) is 0 Å². The molecule has 2 aromatic carbocycles. The number of rotatable bonds is 6. The summed E-state index contributed by atoms with van der Waals surface area (Å²) in [5.41, 5.74) is 0.378. The number of phenolic OH excluding ortho intramolecular Hbond substituents is 1. The maximum Gasteiger partial charge on any atom is 0.239 e. The van der Waals surface area contributed by atoms with E-state index in [-0.39, 0.29) is 28.2 Å². The highest BCUT2D eigenvalue weighted by Gasteiger charge is 2.20. The lowest BCUT2D eigenvalue weighted by Crippen LogP contribution is -2.08. The van der Waals surface area contributed by atoms with E-state index in [4.69, 9.17) is 18.6 Å². The van der Waals surface area contributed by atoms with E-state index in [1.54, 1.807) is 37.4 Å². The zero-order valence-electron chi connectivity index (χ0n) is 16.2. The van der Waals surface area contributed by atoms with Crippen molar-refractivity contribution in [3.8, 4) is 34.3 Å². The van der Waals surface area contributed by atoms with Gasteiger partial charge in [-0.1, -0.05) is 13.8 Å². The van der Waals surface area contributed by atoms with Crippen LogP contribution in [0.25, 0.3) is 22.3 Å². The fourth-order valence-corrected chi connectivity index (χ4v) is 2.72. The predicted octanol–water partition coefficient (Wildman–Crippen LogP) is 4.73. The third-order valence-electron chi connectivity index (χ3n) is 4.13. The molecule has 0 unspecified atom stereocenters. The molecule has 0 saturated heterocycles. The highest BCUT2D eigenvalue weighted by Crippen LogP contribution is 2.36. The van der Waals surface area contributed by atoms with Gasteiger partial charge in [0.15, 0.2) is 5.76 Å². The van der Waals surface area contributed by atoms with Crippen LogP contribution in [0.2, 0.25) is 0 Å². The summed E-state index contributed by atoms with van der Waals surface area (Å²) in [6, 6.07) is 9.97. The Kier molecular flexibility index (Phi) is 5.59. The van der Waals surface area contributed by atoms with Gasteiger partial charge in [0, 0.05) is 17.7 Å². The van der Waals surface area contributed by atoms with Crippen LogP contribution in [0.4, 0.5) is 0 Å². The molecule has 1 N–H and O–H groups in total. The van der Waals surface area contributed by atoms with Crippen LogP contribution in [-0.2, 0) is 0 Å². The second-order valence-corrected chi connectivity index (χ2v) is 6.53. The van der Waals surface area contributed by atoms with Crippen LogP contribution >= 0.6 is 0 Å². The summed E-state index contributed by atoms with van der Waals surface area (Å²) in [4.78, 5) is 12.9. The van der Waals surface area contributed by atoms with Crippen LogP contribution in [0.1, 0.15) is 13.8 Å². The van der Waals surface area contributed by atoms with E-state index >= 15 is 0 Å². The number of ether oxygens (including phenoxy) is 3. The number of aromatic hydroxyl groups is 1. The summed E-state index contributed by atoms with van der Waals surface area (Å²) >= 11 is 0. The molecule has 28 heavy (non-hydrogen) atoms. The minimum atomic E-state index is -0.462. The highest BCUT2D eigenvalue weighted by atomic mass is 16.5. The Balaban J connectivity index is 2.17. The van der Waals surface area contributed by atoms with Crippen molar-refractivity contribution in [1.29, 1.82) is 0 Å². The third-order valence-corrected chi connectivity index (χ3v) is 4.13. The first-order valence-corrected chi connectivity index (χ1v) is 8.80. The summed E-state index contributed by atoms with van der Waals surface area (Å²) in [7, 11) is 2.96. The van der Waals surface area contributed by atoms with Crippen molar-refractivity contribution in [3.63, 3.8) is 0 Å². The smallest absolute Gasteiger partial charge is 0.239 e. The molecule has 0 atom stereocenters. The molecule has 0 saturated carbocycles. The molecule has 0 radical (unpaired) electrons. The third kappa shape index (κ3) is 3.81. The average molecular weight is 382 g/mol. The van der Waals surface area contributed by atoms with Gasteiger partial charge in [0.05, 0.1) is 20.5 Å². The van der Waals surface area contributed by atoms with Gasteiger partial charge in [-0.2, -0.15) is 0 Å². The van der Waals surface area contributed by atoms with Crippen molar-refractivity contribution in [2.75, 3.05) is 14.2 Å². The highest BCUT2D eigenvalue weighted by molar-refractivity contribution is 5.88. The fourth-order valence-electron chi connectivity index (χ4n) is 2.72. The van der Waals surface area contributed by atoms with Crippen LogP contribution in [0.3, 0.4) is 0 Å².